The van der Waals surface area contributed by atoms with Gasteiger partial charge in [-0.1, -0.05) is 32.1 Å². The number of allylic oxidation sites excluding steroid dienone is 1. The van der Waals surface area contributed by atoms with E-state index in [0.29, 0.717) is 0 Å². The number of hydrogen-bond donors (Lipinski definition) is 1. The van der Waals surface area contributed by atoms with E-state index in [1.807, 2.05) is 24.3 Å². The molecule has 0 amide bonds. The summed E-state index contributed by atoms with van der Waals surface area (Å²) in [5.41, 5.74) is 2.19. The van der Waals surface area contributed by atoms with E-state index in [4.69, 9.17) is 4.74 Å². The van der Waals surface area contributed by atoms with E-state index in [1.165, 1.54) is 6.42 Å². The van der Waals surface area contributed by atoms with Crippen molar-refractivity contribution in [1.29, 1.82) is 0 Å². The van der Waals surface area contributed by atoms with Crippen molar-refractivity contribution < 1.29 is 9.84 Å². The highest BCUT2D eigenvalue weighted by molar-refractivity contribution is 5.34. The average molecular weight is 246 g/mol. The van der Waals surface area contributed by atoms with Gasteiger partial charge in [0.2, 0.25) is 0 Å². The summed E-state index contributed by atoms with van der Waals surface area (Å²) >= 11 is 0. The molecule has 2 heteroatoms. The van der Waals surface area contributed by atoms with Gasteiger partial charge in [0.15, 0.2) is 0 Å². The van der Waals surface area contributed by atoms with E-state index < -0.39 is 6.10 Å². The van der Waals surface area contributed by atoms with Gasteiger partial charge in [0.1, 0.15) is 11.9 Å². The lowest BCUT2D eigenvalue weighted by Crippen LogP contribution is -2.23. The minimum Gasteiger partial charge on any atom is -0.497 e. The van der Waals surface area contributed by atoms with E-state index in [9.17, 15) is 5.11 Å². The lowest BCUT2D eigenvalue weighted by Gasteiger charge is -2.34. The van der Waals surface area contributed by atoms with Crippen LogP contribution in [0.3, 0.4) is 0 Å². The third-order valence-electron chi connectivity index (χ3n) is 3.88. The average Bonchev–Trinajstić information content (AvgIpc) is 2.37. The minimum atomic E-state index is -0.494. The predicted octanol–water partition coefficient (Wildman–Crippen LogP) is 3.87. The molecule has 1 aliphatic carbocycles. The molecule has 2 rings (SSSR count). The Morgan fingerprint density at radius 1 is 1.22 bits per heavy atom. The zero-order chi connectivity index (χ0) is 13.2. The van der Waals surface area contributed by atoms with E-state index in [2.05, 4.69) is 19.9 Å². The second kappa shape index (κ2) is 5.15. The van der Waals surface area contributed by atoms with E-state index in [1.54, 1.807) is 7.11 Å². The fourth-order valence-corrected chi connectivity index (χ4v) is 2.67. The molecule has 0 heterocycles. The van der Waals surface area contributed by atoms with Gasteiger partial charge < -0.3 is 9.84 Å². The van der Waals surface area contributed by atoms with Crippen molar-refractivity contribution in [2.24, 2.45) is 5.41 Å². The van der Waals surface area contributed by atoms with Gasteiger partial charge in [-0.25, -0.2) is 0 Å². The molecule has 0 saturated heterocycles. The Kier molecular flexibility index (Phi) is 3.76. The van der Waals surface area contributed by atoms with Crippen LogP contribution in [0.25, 0.3) is 0 Å². The fraction of sp³-hybridized carbons (Fsp3) is 0.500. The van der Waals surface area contributed by atoms with Crippen LogP contribution >= 0.6 is 0 Å². The standard InChI is InChI=1S/C16H22O2/c1-16(2)11-5-4-6-14(16)15(17)12-7-9-13(18-3)10-8-12/h6-10,15,17H,4-5,11H2,1-3H3. The van der Waals surface area contributed by atoms with Gasteiger partial charge in [-0.05, 0) is 47.9 Å². The van der Waals surface area contributed by atoms with Gasteiger partial charge in [-0.2, -0.15) is 0 Å². The van der Waals surface area contributed by atoms with Crippen LogP contribution in [-0.2, 0) is 0 Å². The summed E-state index contributed by atoms with van der Waals surface area (Å²) < 4.78 is 5.14. The number of hydrogen-bond acceptors (Lipinski definition) is 2. The molecule has 0 spiro atoms. The smallest absolute Gasteiger partial charge is 0.118 e. The third-order valence-corrected chi connectivity index (χ3v) is 3.88. The van der Waals surface area contributed by atoms with Crippen LogP contribution in [0.5, 0.6) is 5.75 Å². The highest BCUT2D eigenvalue weighted by Crippen LogP contribution is 2.43. The molecule has 0 radical (unpaired) electrons. The lowest BCUT2D eigenvalue weighted by molar-refractivity contribution is 0.173. The summed E-state index contributed by atoms with van der Waals surface area (Å²) in [5.74, 6) is 0.822. The number of benzene rings is 1. The number of methoxy groups -OCH3 is 1. The molecule has 0 aromatic heterocycles. The van der Waals surface area contributed by atoms with E-state index >= 15 is 0 Å². The molecule has 0 bridgehead atoms. The highest BCUT2D eigenvalue weighted by Gasteiger charge is 2.30. The molecule has 98 valence electrons. The minimum absolute atomic E-state index is 0.0948. The van der Waals surface area contributed by atoms with Gasteiger partial charge in [-0.15, -0.1) is 0 Å². The summed E-state index contributed by atoms with van der Waals surface area (Å²) in [6.45, 7) is 4.43. The van der Waals surface area contributed by atoms with Crippen molar-refractivity contribution in [3.63, 3.8) is 0 Å². The van der Waals surface area contributed by atoms with Crippen molar-refractivity contribution in [2.45, 2.75) is 39.2 Å². The first-order valence-corrected chi connectivity index (χ1v) is 6.57. The SMILES string of the molecule is COc1ccc(C(O)C2=CCCCC2(C)C)cc1. The molecule has 1 atom stereocenters. The van der Waals surface area contributed by atoms with Crippen LogP contribution in [0.4, 0.5) is 0 Å². The van der Waals surface area contributed by atoms with Crippen LogP contribution in [0.15, 0.2) is 35.9 Å². The fourth-order valence-electron chi connectivity index (χ4n) is 2.67. The number of aliphatic hydroxyl groups excluding tert-OH is 1. The van der Waals surface area contributed by atoms with Gasteiger partial charge in [0, 0.05) is 0 Å². The van der Waals surface area contributed by atoms with Crippen molar-refractivity contribution in [3.05, 3.63) is 41.5 Å². The maximum absolute atomic E-state index is 10.5. The van der Waals surface area contributed by atoms with Crippen molar-refractivity contribution >= 4 is 0 Å². The molecule has 0 aliphatic heterocycles. The maximum Gasteiger partial charge on any atom is 0.118 e. The molecule has 1 unspecified atom stereocenters. The summed E-state index contributed by atoms with van der Waals surface area (Å²) in [4.78, 5) is 0. The Balaban J connectivity index is 2.24. The summed E-state index contributed by atoms with van der Waals surface area (Å²) in [6, 6.07) is 7.67. The van der Waals surface area contributed by atoms with Crippen LogP contribution in [0, 0.1) is 5.41 Å². The molecule has 2 nitrogen and oxygen atoms in total. The lowest BCUT2D eigenvalue weighted by atomic mass is 9.72. The van der Waals surface area contributed by atoms with Gasteiger partial charge in [0.25, 0.3) is 0 Å². The first kappa shape index (κ1) is 13.2. The Labute approximate surface area is 109 Å². The first-order chi connectivity index (χ1) is 8.54. The second-order valence-corrected chi connectivity index (χ2v) is 5.61. The zero-order valence-corrected chi connectivity index (χ0v) is 11.4. The number of rotatable bonds is 3. The van der Waals surface area contributed by atoms with Crippen LogP contribution in [0.2, 0.25) is 0 Å². The van der Waals surface area contributed by atoms with Crippen molar-refractivity contribution in [1.82, 2.24) is 0 Å². The molecule has 1 aromatic carbocycles. The summed E-state index contributed by atoms with van der Waals surface area (Å²) in [7, 11) is 1.65. The van der Waals surface area contributed by atoms with Crippen molar-refractivity contribution in [2.75, 3.05) is 7.11 Å². The topological polar surface area (TPSA) is 29.5 Å². The first-order valence-electron chi connectivity index (χ1n) is 6.57. The monoisotopic (exact) mass is 246 g/mol. The molecule has 1 N–H and O–H groups in total. The van der Waals surface area contributed by atoms with Crippen molar-refractivity contribution in [3.8, 4) is 5.75 Å². The molecular weight excluding hydrogens is 224 g/mol. The Morgan fingerprint density at radius 2 is 1.89 bits per heavy atom. The summed E-state index contributed by atoms with van der Waals surface area (Å²) in [5, 5.41) is 10.5. The second-order valence-electron chi connectivity index (χ2n) is 5.61. The van der Waals surface area contributed by atoms with E-state index in [-0.39, 0.29) is 5.41 Å². The Bertz CT molecular complexity index is 429. The van der Waals surface area contributed by atoms with Crippen LogP contribution in [0.1, 0.15) is 44.8 Å². The van der Waals surface area contributed by atoms with Crippen LogP contribution in [-0.4, -0.2) is 12.2 Å². The molecule has 1 aromatic rings. The van der Waals surface area contributed by atoms with Gasteiger partial charge >= 0.3 is 0 Å². The zero-order valence-electron chi connectivity index (χ0n) is 11.4. The van der Waals surface area contributed by atoms with Gasteiger partial charge in [0.05, 0.1) is 7.11 Å². The Morgan fingerprint density at radius 3 is 2.44 bits per heavy atom. The van der Waals surface area contributed by atoms with Gasteiger partial charge in [-0.3, -0.25) is 0 Å². The number of aliphatic hydroxyl groups is 1. The predicted molar refractivity (Wildman–Crippen MR) is 73.7 cm³/mol. The highest BCUT2D eigenvalue weighted by atomic mass is 16.5. The number of ether oxygens (including phenoxy) is 1. The Hall–Kier alpha value is -1.28. The summed E-state index contributed by atoms with van der Waals surface area (Å²) in [6.07, 6.45) is 5.15. The molecule has 0 fully saturated rings. The molecular formula is C16H22O2. The molecule has 18 heavy (non-hydrogen) atoms. The normalized spacial score (nSPS) is 20.1. The maximum atomic E-state index is 10.5. The quantitative estimate of drug-likeness (QED) is 0.820. The van der Waals surface area contributed by atoms with Crippen LogP contribution < -0.4 is 4.74 Å². The molecule has 1 aliphatic rings. The van der Waals surface area contributed by atoms with E-state index in [0.717, 1.165) is 29.7 Å². The largest absolute Gasteiger partial charge is 0.497 e. The third kappa shape index (κ3) is 2.59. The molecule has 0 saturated carbocycles.